The van der Waals surface area contributed by atoms with Gasteiger partial charge in [0.05, 0.1) is 19.1 Å². The normalized spacial score (nSPS) is 12.2. The molecule has 0 saturated heterocycles. The Balaban J connectivity index is 2.82. The molecule has 1 aromatic carbocycles. The van der Waals surface area contributed by atoms with Gasteiger partial charge >= 0.3 is 5.97 Å². The van der Waals surface area contributed by atoms with Crippen molar-refractivity contribution in [3.63, 3.8) is 0 Å². The van der Waals surface area contributed by atoms with Crippen LogP contribution in [-0.4, -0.2) is 30.9 Å². The molecule has 1 aromatic rings. The molecule has 0 aliphatic carbocycles. The minimum absolute atomic E-state index is 0.0619. The van der Waals surface area contributed by atoms with Gasteiger partial charge in [-0.25, -0.2) is 0 Å². The SMILES string of the molecule is CCNC(CC(=O)OCC)C(=O)c1ccc(C(C)C)cc1. The van der Waals surface area contributed by atoms with E-state index in [2.05, 4.69) is 19.2 Å². The summed E-state index contributed by atoms with van der Waals surface area (Å²) in [4.78, 5) is 24.1. The number of likely N-dealkylation sites (N-methyl/N-ethyl adjacent to an activating group) is 1. The van der Waals surface area contributed by atoms with Gasteiger partial charge in [-0.3, -0.25) is 9.59 Å². The number of nitrogens with one attached hydrogen (secondary N) is 1. The lowest BCUT2D eigenvalue weighted by Crippen LogP contribution is -2.39. The van der Waals surface area contributed by atoms with E-state index in [1.165, 1.54) is 5.56 Å². The summed E-state index contributed by atoms with van der Waals surface area (Å²) in [5.74, 6) is 0.00839. The summed E-state index contributed by atoms with van der Waals surface area (Å²) in [7, 11) is 0. The molecule has 0 saturated carbocycles. The van der Waals surface area contributed by atoms with Crippen LogP contribution in [0.25, 0.3) is 0 Å². The van der Waals surface area contributed by atoms with Crippen LogP contribution in [0.3, 0.4) is 0 Å². The minimum Gasteiger partial charge on any atom is -0.466 e. The highest BCUT2D eigenvalue weighted by Crippen LogP contribution is 2.16. The van der Waals surface area contributed by atoms with Gasteiger partial charge in [0.25, 0.3) is 0 Å². The van der Waals surface area contributed by atoms with Gasteiger partial charge in [-0.15, -0.1) is 0 Å². The third-order valence-corrected chi connectivity index (χ3v) is 3.30. The molecule has 1 unspecified atom stereocenters. The van der Waals surface area contributed by atoms with Crippen LogP contribution in [0, 0.1) is 0 Å². The Labute approximate surface area is 126 Å². The highest BCUT2D eigenvalue weighted by molar-refractivity contribution is 6.01. The second kappa shape index (κ2) is 8.57. The number of carbonyl (C=O) groups excluding carboxylic acids is 2. The molecule has 1 atom stereocenters. The average Bonchev–Trinajstić information content (AvgIpc) is 2.46. The Bertz CT molecular complexity index is 465. The van der Waals surface area contributed by atoms with Crippen molar-refractivity contribution in [2.45, 2.75) is 46.1 Å². The molecular formula is C17H25NO3. The highest BCUT2D eigenvalue weighted by Gasteiger charge is 2.22. The first kappa shape index (κ1) is 17.4. The topological polar surface area (TPSA) is 55.4 Å². The number of Topliss-reactive ketones (excluding diaryl/α,β-unsaturated/α-hetero) is 1. The van der Waals surface area contributed by atoms with Crippen molar-refractivity contribution in [2.75, 3.05) is 13.2 Å². The predicted octanol–water partition coefficient (Wildman–Crippen LogP) is 2.92. The van der Waals surface area contributed by atoms with Crippen LogP contribution < -0.4 is 5.32 Å². The van der Waals surface area contributed by atoms with E-state index in [9.17, 15) is 9.59 Å². The number of ketones is 1. The van der Waals surface area contributed by atoms with Crippen molar-refractivity contribution in [3.8, 4) is 0 Å². The summed E-state index contributed by atoms with van der Waals surface area (Å²) >= 11 is 0. The number of hydrogen-bond acceptors (Lipinski definition) is 4. The number of rotatable bonds is 8. The molecule has 0 amide bonds. The van der Waals surface area contributed by atoms with Crippen LogP contribution in [0.15, 0.2) is 24.3 Å². The van der Waals surface area contributed by atoms with E-state index >= 15 is 0 Å². The molecule has 0 spiro atoms. The Morgan fingerprint density at radius 2 is 1.76 bits per heavy atom. The van der Waals surface area contributed by atoms with Gasteiger partial charge < -0.3 is 10.1 Å². The lowest BCUT2D eigenvalue weighted by molar-refractivity contribution is -0.143. The molecular weight excluding hydrogens is 266 g/mol. The van der Waals surface area contributed by atoms with E-state index in [4.69, 9.17) is 4.74 Å². The van der Waals surface area contributed by atoms with Crippen molar-refractivity contribution in [2.24, 2.45) is 0 Å². The number of ether oxygens (including phenoxy) is 1. The summed E-state index contributed by atoms with van der Waals surface area (Å²) in [5, 5.41) is 3.06. The fraction of sp³-hybridized carbons (Fsp3) is 0.529. The van der Waals surface area contributed by atoms with Crippen molar-refractivity contribution < 1.29 is 14.3 Å². The molecule has 1 N–H and O–H groups in total. The fourth-order valence-electron chi connectivity index (χ4n) is 2.12. The second-order valence-corrected chi connectivity index (χ2v) is 5.26. The maximum absolute atomic E-state index is 12.5. The van der Waals surface area contributed by atoms with Crippen molar-refractivity contribution in [1.29, 1.82) is 0 Å². The molecule has 1 rings (SSSR count). The van der Waals surface area contributed by atoms with E-state index < -0.39 is 6.04 Å². The third kappa shape index (κ3) is 5.31. The molecule has 0 radical (unpaired) electrons. The first-order valence-electron chi connectivity index (χ1n) is 7.52. The molecule has 0 aliphatic heterocycles. The van der Waals surface area contributed by atoms with E-state index in [0.29, 0.717) is 24.6 Å². The Kier molecular flexibility index (Phi) is 7.09. The second-order valence-electron chi connectivity index (χ2n) is 5.26. The molecule has 0 fully saturated rings. The van der Waals surface area contributed by atoms with Crippen LogP contribution in [0.4, 0.5) is 0 Å². The standard InChI is InChI=1S/C17H25NO3/c1-5-18-15(11-16(19)21-6-2)17(20)14-9-7-13(8-10-14)12(3)4/h7-10,12,15,18H,5-6,11H2,1-4H3. The van der Waals surface area contributed by atoms with Crippen LogP contribution in [0.2, 0.25) is 0 Å². The number of hydrogen-bond donors (Lipinski definition) is 1. The minimum atomic E-state index is -0.529. The monoisotopic (exact) mass is 291 g/mol. The summed E-state index contributed by atoms with van der Waals surface area (Å²) in [6, 6.07) is 7.05. The summed E-state index contributed by atoms with van der Waals surface area (Å²) < 4.78 is 4.92. The van der Waals surface area contributed by atoms with Gasteiger partial charge in [0, 0.05) is 5.56 Å². The van der Waals surface area contributed by atoms with Gasteiger partial charge in [0.2, 0.25) is 0 Å². The van der Waals surface area contributed by atoms with Crippen LogP contribution >= 0.6 is 0 Å². The first-order valence-corrected chi connectivity index (χ1v) is 7.52. The molecule has 116 valence electrons. The summed E-state index contributed by atoms with van der Waals surface area (Å²) in [6.45, 7) is 8.84. The zero-order valence-corrected chi connectivity index (χ0v) is 13.3. The summed E-state index contributed by atoms with van der Waals surface area (Å²) in [5.41, 5.74) is 1.81. The molecule has 4 nitrogen and oxygen atoms in total. The van der Waals surface area contributed by atoms with E-state index in [0.717, 1.165) is 0 Å². The molecule has 0 heterocycles. The first-order chi connectivity index (χ1) is 9.99. The largest absolute Gasteiger partial charge is 0.466 e. The van der Waals surface area contributed by atoms with E-state index in [-0.39, 0.29) is 18.2 Å². The molecule has 0 bridgehead atoms. The number of benzene rings is 1. The Morgan fingerprint density at radius 1 is 1.14 bits per heavy atom. The fourth-order valence-corrected chi connectivity index (χ4v) is 2.12. The average molecular weight is 291 g/mol. The summed E-state index contributed by atoms with van der Waals surface area (Å²) in [6.07, 6.45) is 0.0619. The van der Waals surface area contributed by atoms with Crippen LogP contribution in [0.1, 0.15) is 56.0 Å². The van der Waals surface area contributed by atoms with Crippen LogP contribution in [0.5, 0.6) is 0 Å². The molecule has 0 aliphatic rings. The van der Waals surface area contributed by atoms with Crippen molar-refractivity contribution >= 4 is 11.8 Å². The van der Waals surface area contributed by atoms with Gasteiger partial charge in [-0.2, -0.15) is 0 Å². The maximum atomic E-state index is 12.5. The zero-order valence-electron chi connectivity index (χ0n) is 13.3. The van der Waals surface area contributed by atoms with E-state index in [1.807, 2.05) is 31.2 Å². The van der Waals surface area contributed by atoms with Crippen molar-refractivity contribution in [3.05, 3.63) is 35.4 Å². The van der Waals surface area contributed by atoms with Gasteiger partial charge in [-0.1, -0.05) is 45.0 Å². The number of carbonyl (C=O) groups is 2. The molecule has 21 heavy (non-hydrogen) atoms. The zero-order chi connectivity index (χ0) is 15.8. The smallest absolute Gasteiger partial charge is 0.307 e. The third-order valence-electron chi connectivity index (χ3n) is 3.30. The molecule has 4 heteroatoms. The molecule has 0 aromatic heterocycles. The lowest BCUT2D eigenvalue weighted by Gasteiger charge is -2.16. The van der Waals surface area contributed by atoms with E-state index in [1.54, 1.807) is 6.92 Å². The van der Waals surface area contributed by atoms with Gasteiger partial charge in [0.1, 0.15) is 0 Å². The lowest BCUT2D eigenvalue weighted by atomic mass is 9.97. The number of esters is 1. The Hall–Kier alpha value is -1.68. The maximum Gasteiger partial charge on any atom is 0.307 e. The van der Waals surface area contributed by atoms with Crippen molar-refractivity contribution in [1.82, 2.24) is 5.32 Å². The quantitative estimate of drug-likeness (QED) is 0.591. The van der Waals surface area contributed by atoms with Gasteiger partial charge in [0.15, 0.2) is 5.78 Å². The highest BCUT2D eigenvalue weighted by atomic mass is 16.5. The van der Waals surface area contributed by atoms with Gasteiger partial charge in [-0.05, 0) is 24.9 Å². The Morgan fingerprint density at radius 3 is 2.24 bits per heavy atom. The van der Waals surface area contributed by atoms with Crippen LogP contribution in [-0.2, 0) is 9.53 Å². The predicted molar refractivity (Wildman–Crippen MR) is 83.6 cm³/mol.